The zero-order chi connectivity index (χ0) is 12.3. The van der Waals surface area contributed by atoms with E-state index in [-0.39, 0.29) is 5.69 Å². The average Bonchev–Trinajstić information content (AvgIpc) is 2.80. The van der Waals surface area contributed by atoms with Crippen LogP contribution in [0.25, 0.3) is 5.69 Å². The van der Waals surface area contributed by atoms with Crippen molar-refractivity contribution in [1.29, 1.82) is 0 Å². The molecule has 0 aliphatic heterocycles. The maximum atomic E-state index is 11.4. The van der Waals surface area contributed by atoms with E-state index in [9.17, 15) is 4.79 Å². The molecule has 0 amide bonds. The largest absolute Gasteiger partial charge is 0.461 e. The van der Waals surface area contributed by atoms with E-state index in [0.717, 1.165) is 0 Å². The Bertz CT molecular complexity index is 522. The van der Waals surface area contributed by atoms with E-state index < -0.39 is 5.97 Å². The fraction of sp³-hybridized carbons (Fsp3) is 0.182. The fourth-order valence-corrected chi connectivity index (χ4v) is 1.34. The summed E-state index contributed by atoms with van der Waals surface area (Å²) in [5, 5.41) is 8.11. The van der Waals surface area contributed by atoms with Crippen LogP contribution in [0.4, 0.5) is 0 Å². The van der Waals surface area contributed by atoms with E-state index in [1.807, 2.05) is 0 Å². The van der Waals surface area contributed by atoms with Crippen LogP contribution in [0.1, 0.15) is 17.4 Å². The van der Waals surface area contributed by atoms with Crippen molar-refractivity contribution in [2.45, 2.75) is 6.92 Å². The monoisotopic (exact) mass is 250 g/mol. The van der Waals surface area contributed by atoms with Gasteiger partial charge < -0.3 is 4.74 Å². The Labute approximate surface area is 103 Å². The van der Waals surface area contributed by atoms with Gasteiger partial charge in [-0.1, -0.05) is 16.8 Å². The predicted octanol–water partition coefficient (Wildman–Crippen LogP) is 1.90. The lowest BCUT2D eigenvalue weighted by molar-refractivity contribution is 0.0519. The van der Waals surface area contributed by atoms with E-state index in [1.165, 1.54) is 10.9 Å². The van der Waals surface area contributed by atoms with E-state index in [2.05, 4.69) is 16.4 Å². The Balaban J connectivity index is 2.23. The van der Waals surface area contributed by atoms with Gasteiger partial charge in [-0.05, 0) is 25.1 Å². The van der Waals surface area contributed by atoms with Crippen LogP contribution in [0.3, 0.4) is 0 Å². The highest BCUT2D eigenvalue weighted by Gasteiger charge is 2.12. The summed E-state index contributed by atoms with van der Waals surface area (Å²) in [6.45, 7) is 2.04. The normalized spacial score (nSPS) is 10.2. The van der Waals surface area contributed by atoms with Crippen LogP contribution < -0.4 is 0 Å². The first-order valence-corrected chi connectivity index (χ1v) is 5.35. The molecule has 0 unspecified atom stereocenters. The quantitative estimate of drug-likeness (QED) is 0.781. The maximum absolute atomic E-state index is 11.4. The summed E-state index contributed by atoms with van der Waals surface area (Å²) >= 11 is 5.75. The van der Waals surface area contributed by atoms with Crippen molar-refractivity contribution in [2.24, 2.45) is 0 Å². The highest BCUT2D eigenvalue weighted by Crippen LogP contribution is 2.12. The maximum Gasteiger partial charge on any atom is 0.360 e. The van der Waals surface area contributed by atoms with Gasteiger partial charge in [0.05, 0.1) is 18.5 Å². The minimum Gasteiger partial charge on any atom is -0.461 e. The van der Waals surface area contributed by atoms with Crippen molar-refractivity contribution in [3.8, 4) is 5.69 Å². The Kier molecular flexibility index (Phi) is 3.39. The number of ether oxygens (including phenoxy) is 1. The molecule has 0 aliphatic rings. The van der Waals surface area contributed by atoms with Crippen molar-refractivity contribution in [2.75, 3.05) is 6.61 Å². The molecular formula is C11H9ClN3O2. The molecule has 0 saturated carbocycles. The molecule has 1 radical (unpaired) electrons. The molecule has 0 aliphatic carbocycles. The standard InChI is InChI=1S/C11H9ClN3O2/c1-2-17-11(16)10-7-15(14-13-10)9-5-3-8(12)4-6-9/h3-5,7H,2H2,1H3. The number of nitrogens with zero attached hydrogens (tertiary/aromatic N) is 3. The number of carbonyl (C=O) groups excluding carboxylic acids is 1. The Morgan fingerprint density at radius 2 is 2.41 bits per heavy atom. The van der Waals surface area contributed by atoms with Crippen molar-refractivity contribution in [3.05, 3.63) is 41.2 Å². The molecule has 1 aromatic heterocycles. The number of carbonyl (C=O) groups is 1. The third kappa shape index (κ3) is 2.62. The van der Waals surface area contributed by atoms with Gasteiger partial charge in [-0.15, -0.1) is 5.10 Å². The summed E-state index contributed by atoms with van der Waals surface area (Å²) in [7, 11) is 0. The molecule has 2 rings (SSSR count). The number of benzene rings is 1. The van der Waals surface area contributed by atoms with Gasteiger partial charge in [-0.3, -0.25) is 0 Å². The van der Waals surface area contributed by atoms with E-state index >= 15 is 0 Å². The number of halogens is 1. The summed E-state index contributed by atoms with van der Waals surface area (Å²) in [6.07, 6.45) is 1.48. The van der Waals surface area contributed by atoms with Crippen molar-refractivity contribution in [1.82, 2.24) is 15.0 Å². The number of hydrogen-bond acceptors (Lipinski definition) is 4. The van der Waals surface area contributed by atoms with E-state index in [4.69, 9.17) is 16.3 Å². The predicted molar refractivity (Wildman–Crippen MR) is 61.2 cm³/mol. The first-order valence-electron chi connectivity index (χ1n) is 4.98. The molecular weight excluding hydrogens is 242 g/mol. The van der Waals surface area contributed by atoms with E-state index in [0.29, 0.717) is 17.3 Å². The summed E-state index contributed by atoms with van der Waals surface area (Å²) in [4.78, 5) is 11.4. The highest BCUT2D eigenvalue weighted by molar-refractivity contribution is 6.30. The molecule has 1 aromatic carbocycles. The SMILES string of the molecule is CCOC(=O)c1cn(-c2[c]cc(Cl)cc2)nn1. The average molecular weight is 251 g/mol. The van der Waals surface area contributed by atoms with Crippen molar-refractivity contribution >= 4 is 17.6 Å². The zero-order valence-corrected chi connectivity index (χ0v) is 9.81. The van der Waals surface area contributed by atoms with E-state index in [1.54, 1.807) is 25.1 Å². The molecule has 87 valence electrons. The van der Waals surface area contributed by atoms with Gasteiger partial charge in [0.2, 0.25) is 0 Å². The molecule has 0 bridgehead atoms. The van der Waals surface area contributed by atoms with Gasteiger partial charge in [0, 0.05) is 11.1 Å². The molecule has 0 N–H and O–H groups in total. The van der Waals surface area contributed by atoms with Crippen LogP contribution in [0.2, 0.25) is 5.02 Å². The van der Waals surface area contributed by atoms with Crippen LogP contribution in [0.5, 0.6) is 0 Å². The topological polar surface area (TPSA) is 57.0 Å². The second-order valence-corrected chi connectivity index (χ2v) is 3.60. The zero-order valence-electron chi connectivity index (χ0n) is 9.05. The minimum atomic E-state index is -0.493. The smallest absolute Gasteiger partial charge is 0.360 e. The van der Waals surface area contributed by atoms with Crippen LogP contribution in [0, 0.1) is 6.07 Å². The van der Waals surface area contributed by atoms with Gasteiger partial charge in [-0.2, -0.15) is 0 Å². The molecule has 0 saturated heterocycles. The molecule has 0 atom stereocenters. The third-order valence-corrected chi connectivity index (χ3v) is 2.22. The Hall–Kier alpha value is -1.88. The molecule has 5 nitrogen and oxygen atoms in total. The first kappa shape index (κ1) is 11.6. The first-order chi connectivity index (χ1) is 8.20. The van der Waals surface area contributed by atoms with Crippen molar-refractivity contribution < 1.29 is 9.53 Å². The van der Waals surface area contributed by atoms with Gasteiger partial charge in [0.15, 0.2) is 5.69 Å². The number of rotatable bonds is 3. The van der Waals surface area contributed by atoms with Crippen LogP contribution in [0.15, 0.2) is 24.4 Å². The summed E-state index contributed by atoms with van der Waals surface area (Å²) in [6, 6.07) is 7.96. The summed E-state index contributed by atoms with van der Waals surface area (Å²) < 4.78 is 6.24. The Morgan fingerprint density at radius 3 is 3.06 bits per heavy atom. The van der Waals surface area contributed by atoms with Crippen molar-refractivity contribution in [3.63, 3.8) is 0 Å². The van der Waals surface area contributed by atoms with Crippen LogP contribution in [-0.2, 0) is 4.74 Å². The van der Waals surface area contributed by atoms with Crippen LogP contribution in [-0.4, -0.2) is 27.6 Å². The highest BCUT2D eigenvalue weighted by atomic mass is 35.5. The van der Waals surface area contributed by atoms with Gasteiger partial charge in [-0.25, -0.2) is 9.48 Å². The third-order valence-electron chi connectivity index (χ3n) is 1.98. The Morgan fingerprint density at radius 1 is 1.59 bits per heavy atom. The lowest BCUT2D eigenvalue weighted by atomic mass is 10.3. The molecule has 2 aromatic rings. The van der Waals surface area contributed by atoms with Crippen LogP contribution >= 0.6 is 11.6 Å². The minimum absolute atomic E-state index is 0.162. The lowest BCUT2D eigenvalue weighted by Gasteiger charge is -1.98. The van der Waals surface area contributed by atoms with Gasteiger partial charge in [0.1, 0.15) is 0 Å². The number of esters is 1. The number of aromatic nitrogens is 3. The second kappa shape index (κ2) is 4.97. The molecule has 0 spiro atoms. The lowest BCUT2D eigenvalue weighted by Crippen LogP contribution is -2.04. The van der Waals surface area contributed by atoms with Gasteiger partial charge >= 0.3 is 5.97 Å². The number of hydrogen-bond donors (Lipinski definition) is 0. The summed E-state index contributed by atoms with van der Waals surface area (Å²) in [5.74, 6) is -0.493. The second-order valence-electron chi connectivity index (χ2n) is 3.16. The van der Waals surface area contributed by atoms with Gasteiger partial charge in [0.25, 0.3) is 0 Å². The fourth-order valence-electron chi connectivity index (χ4n) is 1.22. The molecule has 6 heteroatoms. The molecule has 17 heavy (non-hydrogen) atoms. The summed E-state index contributed by atoms with van der Waals surface area (Å²) in [5.41, 5.74) is 0.813. The molecule has 1 heterocycles. The molecule has 0 fully saturated rings.